The van der Waals surface area contributed by atoms with Gasteiger partial charge in [-0.05, 0) is 12.1 Å². The first-order valence-electron chi connectivity index (χ1n) is 5.77. The van der Waals surface area contributed by atoms with E-state index in [4.69, 9.17) is 4.52 Å². The lowest BCUT2D eigenvalue weighted by atomic mass is 10.2. The Morgan fingerprint density at radius 3 is 3.06 bits per heavy atom. The van der Waals surface area contributed by atoms with E-state index in [9.17, 15) is 5.11 Å². The number of hydrogen-bond donors (Lipinski definition) is 2. The maximum atomic E-state index is 9.74. The lowest BCUT2D eigenvalue weighted by Crippen LogP contribution is -2.30. The molecule has 0 saturated carbocycles. The number of rotatable bonds is 2. The maximum absolute atomic E-state index is 9.74. The second-order valence-corrected chi connectivity index (χ2v) is 5.20. The van der Waals surface area contributed by atoms with Gasteiger partial charge in [-0.1, -0.05) is 17.3 Å². The Kier molecular flexibility index (Phi) is 3.21. The number of aromatic hydroxyl groups is 1. The van der Waals surface area contributed by atoms with Crippen LogP contribution >= 0.6 is 11.8 Å². The topological polar surface area (TPSA) is 71.2 Å². The highest BCUT2D eigenvalue weighted by atomic mass is 32.2. The van der Waals surface area contributed by atoms with Crippen LogP contribution in [0.3, 0.4) is 0 Å². The number of phenols is 1. The summed E-state index contributed by atoms with van der Waals surface area (Å²) in [6.45, 7) is 0.948. The summed E-state index contributed by atoms with van der Waals surface area (Å²) < 4.78 is 5.27. The maximum Gasteiger partial charge on any atom is 0.244 e. The predicted molar refractivity (Wildman–Crippen MR) is 69.5 cm³/mol. The highest BCUT2D eigenvalue weighted by molar-refractivity contribution is 7.99. The molecule has 0 aliphatic carbocycles. The van der Waals surface area contributed by atoms with Crippen LogP contribution in [0.4, 0.5) is 0 Å². The summed E-state index contributed by atoms with van der Waals surface area (Å²) in [5, 5.41) is 17.0. The average molecular weight is 263 g/mol. The van der Waals surface area contributed by atoms with Crippen molar-refractivity contribution in [2.24, 2.45) is 0 Å². The van der Waals surface area contributed by atoms with Crippen LogP contribution in [0, 0.1) is 0 Å². The van der Waals surface area contributed by atoms with Crippen LogP contribution in [0.1, 0.15) is 11.9 Å². The quantitative estimate of drug-likeness (QED) is 0.861. The molecule has 6 heteroatoms. The normalized spacial score (nSPS) is 19.9. The second kappa shape index (κ2) is 4.99. The predicted octanol–water partition coefficient (Wildman–Crippen LogP) is 1.82. The molecule has 94 valence electrons. The van der Waals surface area contributed by atoms with Crippen LogP contribution < -0.4 is 5.32 Å². The molecule has 1 aromatic carbocycles. The third-order valence-electron chi connectivity index (χ3n) is 2.81. The van der Waals surface area contributed by atoms with E-state index in [1.807, 2.05) is 17.8 Å². The third kappa shape index (κ3) is 2.21. The van der Waals surface area contributed by atoms with Gasteiger partial charge in [0, 0.05) is 18.1 Å². The lowest BCUT2D eigenvalue weighted by Gasteiger charge is -2.19. The monoisotopic (exact) mass is 263 g/mol. The van der Waals surface area contributed by atoms with E-state index in [1.165, 1.54) is 0 Å². The molecule has 3 rings (SSSR count). The number of aromatic nitrogens is 2. The van der Waals surface area contributed by atoms with Crippen molar-refractivity contribution >= 4 is 11.8 Å². The molecule has 2 heterocycles. The molecule has 0 bridgehead atoms. The Morgan fingerprint density at radius 1 is 1.39 bits per heavy atom. The van der Waals surface area contributed by atoms with Gasteiger partial charge in [-0.3, -0.25) is 0 Å². The fourth-order valence-corrected chi connectivity index (χ4v) is 2.80. The molecule has 2 aromatic rings. The molecular weight excluding hydrogens is 250 g/mol. The highest BCUT2D eigenvalue weighted by Crippen LogP contribution is 2.28. The summed E-state index contributed by atoms with van der Waals surface area (Å²) in [7, 11) is 0. The molecule has 1 atom stereocenters. The van der Waals surface area contributed by atoms with Gasteiger partial charge >= 0.3 is 0 Å². The highest BCUT2D eigenvalue weighted by Gasteiger charge is 2.22. The number of nitrogens with one attached hydrogen (secondary N) is 1. The minimum atomic E-state index is 0.107. The molecule has 1 saturated heterocycles. The zero-order chi connectivity index (χ0) is 12.4. The third-order valence-corrected chi connectivity index (χ3v) is 3.87. The molecule has 18 heavy (non-hydrogen) atoms. The van der Waals surface area contributed by atoms with E-state index in [-0.39, 0.29) is 11.8 Å². The van der Waals surface area contributed by atoms with Gasteiger partial charge in [-0.2, -0.15) is 16.7 Å². The minimum Gasteiger partial charge on any atom is -0.507 e. The van der Waals surface area contributed by atoms with Gasteiger partial charge in [0.2, 0.25) is 11.7 Å². The number of benzene rings is 1. The van der Waals surface area contributed by atoms with Gasteiger partial charge in [0.05, 0.1) is 11.6 Å². The smallest absolute Gasteiger partial charge is 0.244 e. The molecule has 1 aliphatic heterocycles. The van der Waals surface area contributed by atoms with Crippen LogP contribution in [0.2, 0.25) is 0 Å². The van der Waals surface area contributed by atoms with Crippen molar-refractivity contribution < 1.29 is 9.63 Å². The van der Waals surface area contributed by atoms with Crippen molar-refractivity contribution in [2.45, 2.75) is 6.04 Å². The first-order valence-corrected chi connectivity index (χ1v) is 6.93. The van der Waals surface area contributed by atoms with Crippen LogP contribution in [-0.2, 0) is 0 Å². The number of phenolic OH excluding ortho intramolecular Hbond substituents is 1. The second-order valence-electron chi connectivity index (χ2n) is 4.05. The van der Waals surface area contributed by atoms with E-state index in [0.717, 1.165) is 18.1 Å². The van der Waals surface area contributed by atoms with E-state index in [0.29, 0.717) is 17.3 Å². The average Bonchev–Trinajstić information content (AvgIpc) is 2.90. The number of thioether (sulfide) groups is 1. The molecular formula is C12H13N3O2S. The van der Waals surface area contributed by atoms with Gasteiger partial charge in [-0.15, -0.1) is 0 Å². The van der Waals surface area contributed by atoms with E-state index in [2.05, 4.69) is 15.5 Å². The molecule has 1 aliphatic rings. The van der Waals surface area contributed by atoms with E-state index >= 15 is 0 Å². The SMILES string of the molecule is Oc1ccccc1-c1noc(C2CSCCN2)n1. The fraction of sp³-hybridized carbons (Fsp3) is 0.333. The van der Waals surface area contributed by atoms with Gasteiger partial charge in [0.1, 0.15) is 5.75 Å². The summed E-state index contributed by atoms with van der Waals surface area (Å²) in [6, 6.07) is 7.09. The Morgan fingerprint density at radius 2 is 2.28 bits per heavy atom. The van der Waals surface area contributed by atoms with Gasteiger partial charge < -0.3 is 14.9 Å². The van der Waals surface area contributed by atoms with Crippen molar-refractivity contribution in [3.8, 4) is 17.1 Å². The minimum absolute atomic E-state index is 0.107. The first kappa shape index (κ1) is 11.6. The molecule has 0 spiro atoms. The van der Waals surface area contributed by atoms with Crippen molar-refractivity contribution in [2.75, 3.05) is 18.1 Å². The van der Waals surface area contributed by atoms with Crippen LogP contribution in [0.25, 0.3) is 11.4 Å². The summed E-state index contributed by atoms with van der Waals surface area (Å²) in [6.07, 6.45) is 0. The van der Waals surface area contributed by atoms with Gasteiger partial charge in [-0.25, -0.2) is 0 Å². The Hall–Kier alpha value is -1.53. The summed E-state index contributed by atoms with van der Waals surface area (Å²) in [5.74, 6) is 3.22. The first-order chi connectivity index (χ1) is 8.84. The van der Waals surface area contributed by atoms with Crippen LogP contribution in [0.15, 0.2) is 28.8 Å². The zero-order valence-electron chi connectivity index (χ0n) is 9.67. The van der Waals surface area contributed by atoms with Crippen LogP contribution in [0.5, 0.6) is 5.75 Å². The van der Waals surface area contributed by atoms with Crippen molar-refractivity contribution in [1.29, 1.82) is 0 Å². The molecule has 1 unspecified atom stereocenters. The molecule has 2 N–H and O–H groups in total. The summed E-state index contributed by atoms with van der Waals surface area (Å²) in [4.78, 5) is 4.35. The Balaban J connectivity index is 1.87. The molecule has 0 amide bonds. The number of nitrogens with zero attached hydrogens (tertiary/aromatic N) is 2. The standard InChI is InChI=1S/C12H13N3O2S/c16-10-4-2-1-3-8(10)11-14-12(17-15-11)9-7-18-6-5-13-9/h1-4,9,13,16H,5-7H2. The number of para-hydroxylation sites is 1. The van der Waals surface area contributed by atoms with Gasteiger partial charge in [0.25, 0.3) is 0 Å². The van der Waals surface area contributed by atoms with Gasteiger partial charge in [0.15, 0.2) is 0 Å². The molecule has 1 aromatic heterocycles. The zero-order valence-corrected chi connectivity index (χ0v) is 10.5. The Labute approximate surface area is 109 Å². The fourth-order valence-electron chi connectivity index (χ4n) is 1.87. The molecule has 1 fully saturated rings. The number of hydrogen-bond acceptors (Lipinski definition) is 6. The summed E-state index contributed by atoms with van der Waals surface area (Å²) >= 11 is 1.87. The van der Waals surface area contributed by atoms with E-state index < -0.39 is 0 Å². The van der Waals surface area contributed by atoms with Crippen molar-refractivity contribution in [3.63, 3.8) is 0 Å². The van der Waals surface area contributed by atoms with Crippen molar-refractivity contribution in [3.05, 3.63) is 30.2 Å². The van der Waals surface area contributed by atoms with Crippen LogP contribution in [-0.4, -0.2) is 33.3 Å². The Bertz CT molecular complexity index is 538. The molecule has 0 radical (unpaired) electrons. The lowest BCUT2D eigenvalue weighted by molar-refractivity contribution is 0.342. The molecule has 5 nitrogen and oxygen atoms in total. The summed E-state index contributed by atoms with van der Waals surface area (Å²) in [5.41, 5.74) is 0.593. The largest absolute Gasteiger partial charge is 0.507 e. The van der Waals surface area contributed by atoms with Crippen molar-refractivity contribution in [1.82, 2.24) is 15.5 Å². The van der Waals surface area contributed by atoms with E-state index in [1.54, 1.807) is 18.2 Å².